The van der Waals surface area contributed by atoms with Gasteiger partial charge in [0.25, 0.3) is 0 Å². The van der Waals surface area contributed by atoms with Gasteiger partial charge >= 0.3 is 0 Å². The molecule has 2 aliphatic rings. The SMILES string of the molecule is COc1ccc(F)c(CN2CCCC3(CCN(c4ncccn4)C3)C2)c1. The summed E-state index contributed by atoms with van der Waals surface area (Å²) in [6.07, 6.45) is 7.10. The van der Waals surface area contributed by atoms with Crippen molar-refractivity contribution in [3.8, 4) is 5.75 Å². The molecular formula is C20H25FN4O. The van der Waals surface area contributed by atoms with E-state index in [1.165, 1.54) is 12.5 Å². The molecule has 4 rings (SSSR count). The van der Waals surface area contributed by atoms with Gasteiger partial charge in [0.1, 0.15) is 11.6 Å². The van der Waals surface area contributed by atoms with E-state index >= 15 is 0 Å². The van der Waals surface area contributed by atoms with Crippen LogP contribution in [0.3, 0.4) is 0 Å². The van der Waals surface area contributed by atoms with Crippen LogP contribution in [-0.4, -0.2) is 48.2 Å². The van der Waals surface area contributed by atoms with Crippen molar-refractivity contribution < 1.29 is 9.13 Å². The Balaban J connectivity index is 1.45. The zero-order chi connectivity index (χ0) is 18.0. The molecule has 1 spiro atoms. The Bertz CT molecular complexity index is 757. The summed E-state index contributed by atoms with van der Waals surface area (Å²) in [7, 11) is 1.62. The number of piperidine rings is 1. The van der Waals surface area contributed by atoms with Gasteiger partial charge in [0, 0.05) is 49.6 Å². The minimum atomic E-state index is -0.156. The molecule has 0 amide bonds. The largest absolute Gasteiger partial charge is 0.497 e. The Labute approximate surface area is 153 Å². The Kier molecular flexibility index (Phi) is 4.76. The van der Waals surface area contributed by atoms with E-state index < -0.39 is 0 Å². The predicted molar refractivity (Wildman–Crippen MR) is 98.8 cm³/mol. The van der Waals surface area contributed by atoms with Crippen LogP contribution < -0.4 is 9.64 Å². The Morgan fingerprint density at radius 1 is 1.15 bits per heavy atom. The average molecular weight is 356 g/mol. The third kappa shape index (κ3) is 3.51. The van der Waals surface area contributed by atoms with E-state index in [4.69, 9.17) is 4.74 Å². The summed E-state index contributed by atoms with van der Waals surface area (Å²) in [5, 5.41) is 0. The third-order valence-corrected chi connectivity index (χ3v) is 5.66. The molecule has 1 aromatic carbocycles. The van der Waals surface area contributed by atoms with Crippen LogP contribution in [0.4, 0.5) is 10.3 Å². The van der Waals surface area contributed by atoms with Crippen LogP contribution in [0.2, 0.25) is 0 Å². The Hall–Kier alpha value is -2.21. The van der Waals surface area contributed by atoms with Gasteiger partial charge in [-0.25, -0.2) is 14.4 Å². The minimum absolute atomic E-state index is 0.156. The second-order valence-corrected chi connectivity index (χ2v) is 7.49. The number of halogens is 1. The highest BCUT2D eigenvalue weighted by atomic mass is 19.1. The van der Waals surface area contributed by atoms with E-state index in [0.717, 1.165) is 45.0 Å². The van der Waals surface area contributed by atoms with Gasteiger partial charge in [-0.1, -0.05) is 0 Å². The number of aromatic nitrogens is 2. The van der Waals surface area contributed by atoms with Gasteiger partial charge in [-0.2, -0.15) is 0 Å². The first-order valence-corrected chi connectivity index (χ1v) is 9.24. The average Bonchev–Trinajstić information content (AvgIpc) is 3.07. The Morgan fingerprint density at radius 3 is 2.81 bits per heavy atom. The number of likely N-dealkylation sites (tertiary alicyclic amines) is 1. The second-order valence-electron chi connectivity index (χ2n) is 7.49. The van der Waals surface area contributed by atoms with E-state index in [-0.39, 0.29) is 11.2 Å². The maximum atomic E-state index is 14.2. The lowest BCUT2D eigenvalue weighted by atomic mass is 9.79. The fraction of sp³-hybridized carbons (Fsp3) is 0.500. The van der Waals surface area contributed by atoms with Gasteiger partial charge in [-0.15, -0.1) is 0 Å². The zero-order valence-corrected chi connectivity index (χ0v) is 15.2. The molecule has 0 aliphatic carbocycles. The topological polar surface area (TPSA) is 41.5 Å². The Morgan fingerprint density at radius 2 is 2.00 bits per heavy atom. The van der Waals surface area contributed by atoms with Crippen molar-refractivity contribution in [2.45, 2.75) is 25.8 Å². The number of anilines is 1. The molecule has 138 valence electrons. The summed E-state index contributed by atoms with van der Waals surface area (Å²) in [5.41, 5.74) is 0.968. The van der Waals surface area contributed by atoms with Crippen molar-refractivity contribution in [3.63, 3.8) is 0 Å². The summed E-state index contributed by atoms with van der Waals surface area (Å²) in [4.78, 5) is 13.5. The molecule has 1 unspecified atom stereocenters. The molecule has 0 radical (unpaired) electrons. The monoisotopic (exact) mass is 356 g/mol. The van der Waals surface area contributed by atoms with E-state index in [2.05, 4.69) is 19.8 Å². The summed E-state index contributed by atoms with van der Waals surface area (Å²) in [5.74, 6) is 1.37. The summed E-state index contributed by atoms with van der Waals surface area (Å²) < 4.78 is 19.5. The quantitative estimate of drug-likeness (QED) is 0.842. The lowest BCUT2D eigenvalue weighted by Gasteiger charge is -2.40. The van der Waals surface area contributed by atoms with Crippen LogP contribution in [0.15, 0.2) is 36.7 Å². The summed E-state index contributed by atoms with van der Waals surface area (Å²) >= 11 is 0. The standard InChI is InChI=1S/C20H25FN4O/c1-26-17-4-5-18(21)16(12-17)13-24-10-2-6-20(14-24)7-11-25(15-20)19-22-8-3-9-23-19/h3-5,8-9,12H,2,6-7,10-11,13-15H2,1H3. The van der Waals surface area contributed by atoms with E-state index in [0.29, 0.717) is 17.9 Å². The van der Waals surface area contributed by atoms with Crippen LogP contribution in [0.1, 0.15) is 24.8 Å². The van der Waals surface area contributed by atoms with Crippen LogP contribution in [0.25, 0.3) is 0 Å². The molecule has 1 aromatic heterocycles. The first-order valence-electron chi connectivity index (χ1n) is 9.24. The zero-order valence-electron chi connectivity index (χ0n) is 15.2. The van der Waals surface area contributed by atoms with Crippen LogP contribution in [0.5, 0.6) is 5.75 Å². The highest BCUT2D eigenvalue weighted by Gasteiger charge is 2.42. The summed E-state index contributed by atoms with van der Waals surface area (Å²) in [6, 6.07) is 6.83. The number of rotatable bonds is 4. The van der Waals surface area contributed by atoms with Gasteiger partial charge in [-0.3, -0.25) is 4.90 Å². The van der Waals surface area contributed by atoms with Gasteiger partial charge in [0.2, 0.25) is 5.95 Å². The molecule has 2 aromatic rings. The van der Waals surface area contributed by atoms with Gasteiger partial charge in [0.05, 0.1) is 7.11 Å². The number of nitrogens with zero attached hydrogens (tertiary/aromatic N) is 4. The number of ether oxygens (including phenoxy) is 1. The molecule has 2 saturated heterocycles. The fourth-order valence-corrected chi connectivity index (χ4v) is 4.38. The molecule has 5 nitrogen and oxygen atoms in total. The van der Waals surface area contributed by atoms with Gasteiger partial charge in [0.15, 0.2) is 0 Å². The van der Waals surface area contributed by atoms with Crippen molar-refractivity contribution in [3.05, 3.63) is 48.0 Å². The normalized spacial score (nSPS) is 23.5. The van der Waals surface area contributed by atoms with Crippen molar-refractivity contribution in [1.29, 1.82) is 0 Å². The van der Waals surface area contributed by atoms with Crippen molar-refractivity contribution in [1.82, 2.24) is 14.9 Å². The number of hydrogen-bond donors (Lipinski definition) is 0. The van der Waals surface area contributed by atoms with Crippen LogP contribution >= 0.6 is 0 Å². The van der Waals surface area contributed by atoms with Crippen molar-refractivity contribution in [2.75, 3.05) is 38.2 Å². The molecule has 0 bridgehead atoms. The first-order chi connectivity index (χ1) is 12.7. The number of hydrogen-bond acceptors (Lipinski definition) is 5. The molecular weight excluding hydrogens is 331 g/mol. The van der Waals surface area contributed by atoms with Gasteiger partial charge in [-0.05, 0) is 50.1 Å². The fourth-order valence-electron chi connectivity index (χ4n) is 4.38. The maximum Gasteiger partial charge on any atom is 0.225 e. The van der Waals surface area contributed by atoms with Crippen LogP contribution in [0, 0.1) is 11.2 Å². The van der Waals surface area contributed by atoms with E-state index in [1.54, 1.807) is 25.6 Å². The molecule has 26 heavy (non-hydrogen) atoms. The highest BCUT2D eigenvalue weighted by molar-refractivity contribution is 5.32. The molecule has 1 atom stereocenters. The smallest absolute Gasteiger partial charge is 0.225 e. The molecule has 2 fully saturated rings. The molecule has 0 saturated carbocycles. The third-order valence-electron chi connectivity index (χ3n) is 5.66. The minimum Gasteiger partial charge on any atom is -0.497 e. The van der Waals surface area contributed by atoms with Crippen LogP contribution in [-0.2, 0) is 6.54 Å². The van der Waals surface area contributed by atoms with E-state index in [1.807, 2.05) is 12.1 Å². The first kappa shape index (κ1) is 17.2. The lowest BCUT2D eigenvalue weighted by molar-refractivity contribution is 0.0981. The molecule has 0 N–H and O–H groups in total. The van der Waals surface area contributed by atoms with Gasteiger partial charge < -0.3 is 9.64 Å². The highest BCUT2D eigenvalue weighted by Crippen LogP contribution is 2.40. The second kappa shape index (κ2) is 7.19. The number of methoxy groups -OCH3 is 1. The molecule has 6 heteroatoms. The predicted octanol–water partition coefficient (Wildman–Crippen LogP) is 3.12. The van der Waals surface area contributed by atoms with E-state index in [9.17, 15) is 4.39 Å². The molecule has 2 aliphatic heterocycles. The number of benzene rings is 1. The van der Waals surface area contributed by atoms with Crippen molar-refractivity contribution in [2.24, 2.45) is 5.41 Å². The lowest BCUT2D eigenvalue weighted by Crippen LogP contribution is -2.44. The van der Waals surface area contributed by atoms with Crippen molar-refractivity contribution >= 4 is 5.95 Å². The molecule has 3 heterocycles. The maximum absolute atomic E-state index is 14.2. The summed E-state index contributed by atoms with van der Waals surface area (Å²) in [6.45, 7) is 4.61.